The van der Waals surface area contributed by atoms with Crippen LogP contribution in [0.1, 0.15) is 55.7 Å². The second kappa shape index (κ2) is 10.7. The second-order valence-electron chi connectivity index (χ2n) is 8.53. The van der Waals surface area contributed by atoms with Gasteiger partial charge < -0.3 is 9.32 Å². The molecule has 0 unspecified atom stereocenters. The molecule has 1 amide bonds. The summed E-state index contributed by atoms with van der Waals surface area (Å²) in [7, 11) is 0. The Morgan fingerprint density at radius 2 is 1.97 bits per heavy atom. The minimum atomic E-state index is -0.0435. The summed E-state index contributed by atoms with van der Waals surface area (Å²) in [5.74, 6) is 1.59. The van der Waals surface area contributed by atoms with Gasteiger partial charge in [0.05, 0.1) is 24.5 Å². The maximum absolute atomic E-state index is 13.3. The van der Waals surface area contributed by atoms with Crippen LogP contribution in [-0.4, -0.2) is 33.0 Å². The Kier molecular flexibility index (Phi) is 7.50. The van der Waals surface area contributed by atoms with Gasteiger partial charge in [-0.2, -0.15) is 5.26 Å². The minimum absolute atomic E-state index is 0.0435. The lowest BCUT2D eigenvalue weighted by Crippen LogP contribution is -2.33. The van der Waals surface area contributed by atoms with E-state index >= 15 is 0 Å². The fourth-order valence-corrected chi connectivity index (χ4v) is 5.37. The molecular formula is C25H29N5O2S. The molecule has 7 nitrogen and oxygen atoms in total. The molecule has 1 aromatic carbocycles. The molecule has 33 heavy (non-hydrogen) atoms. The zero-order valence-corrected chi connectivity index (χ0v) is 20.0. The van der Waals surface area contributed by atoms with Crippen molar-refractivity contribution >= 4 is 23.4 Å². The number of anilines is 1. The van der Waals surface area contributed by atoms with Crippen LogP contribution in [0.5, 0.6) is 0 Å². The summed E-state index contributed by atoms with van der Waals surface area (Å²) in [5, 5.41) is 18.7. The highest BCUT2D eigenvalue weighted by Gasteiger charge is 2.26. The van der Waals surface area contributed by atoms with Gasteiger partial charge in [-0.15, -0.1) is 10.2 Å². The molecule has 1 aliphatic carbocycles. The van der Waals surface area contributed by atoms with Crippen molar-refractivity contribution in [3.8, 4) is 17.7 Å². The Morgan fingerprint density at radius 3 is 2.64 bits per heavy atom. The van der Waals surface area contributed by atoms with E-state index in [4.69, 9.17) is 9.68 Å². The van der Waals surface area contributed by atoms with E-state index in [0.29, 0.717) is 18.3 Å². The summed E-state index contributed by atoms with van der Waals surface area (Å²) < 4.78 is 7.77. The number of nitrogens with zero attached hydrogens (tertiary/aromatic N) is 5. The Hall–Kier alpha value is -3.05. The van der Waals surface area contributed by atoms with Crippen molar-refractivity contribution in [2.24, 2.45) is 0 Å². The first-order valence-electron chi connectivity index (χ1n) is 11.4. The summed E-state index contributed by atoms with van der Waals surface area (Å²) >= 11 is 1.41. The van der Waals surface area contributed by atoms with Crippen LogP contribution in [0.15, 0.2) is 46.2 Å². The number of carbonyl (C=O) groups is 1. The first-order chi connectivity index (χ1) is 16.1. The van der Waals surface area contributed by atoms with Crippen molar-refractivity contribution in [2.75, 3.05) is 17.2 Å². The minimum Gasteiger partial charge on any atom is -0.461 e. The fourth-order valence-electron chi connectivity index (χ4n) is 4.49. The average Bonchev–Trinajstić information content (AvgIpc) is 3.48. The molecule has 172 valence electrons. The Balaban J connectivity index is 1.57. The summed E-state index contributed by atoms with van der Waals surface area (Å²) in [6, 6.07) is 12.3. The molecule has 0 bridgehead atoms. The third kappa shape index (κ3) is 5.48. The predicted molar refractivity (Wildman–Crippen MR) is 129 cm³/mol. The van der Waals surface area contributed by atoms with Crippen molar-refractivity contribution < 1.29 is 9.21 Å². The lowest BCUT2D eigenvalue weighted by molar-refractivity contribution is -0.116. The number of furan rings is 1. The molecule has 2 aromatic heterocycles. The normalized spacial score (nSPS) is 14.2. The van der Waals surface area contributed by atoms with Gasteiger partial charge in [-0.05, 0) is 62.1 Å². The highest BCUT2D eigenvalue weighted by Crippen LogP contribution is 2.36. The number of hydrogen-bond acceptors (Lipinski definition) is 6. The molecule has 1 aliphatic rings. The fraction of sp³-hybridized carbons (Fsp3) is 0.440. The van der Waals surface area contributed by atoms with Crippen molar-refractivity contribution in [1.29, 1.82) is 5.26 Å². The standard InChI is InChI=1S/C25H29N5O2S/c1-18-14-19(2)16-21(15-18)29(12-7-11-26)23(31)17-33-25-28-27-24(22-10-6-13-32-22)30(25)20-8-4-3-5-9-20/h6,10,13-16,20H,3-5,7-9,12,17H2,1-2H3. The Bertz CT molecular complexity index is 1110. The smallest absolute Gasteiger partial charge is 0.237 e. The van der Waals surface area contributed by atoms with Crippen LogP contribution < -0.4 is 4.90 Å². The first-order valence-corrected chi connectivity index (χ1v) is 12.4. The molecule has 4 rings (SSSR count). The van der Waals surface area contributed by atoms with Crippen LogP contribution >= 0.6 is 11.8 Å². The van der Waals surface area contributed by atoms with Crippen molar-refractivity contribution in [3.05, 3.63) is 47.7 Å². The monoisotopic (exact) mass is 463 g/mol. The van der Waals surface area contributed by atoms with Crippen molar-refractivity contribution in [3.63, 3.8) is 0 Å². The molecule has 0 saturated heterocycles. The second-order valence-corrected chi connectivity index (χ2v) is 9.48. The number of rotatable bonds is 8. The summed E-state index contributed by atoms with van der Waals surface area (Å²) in [6.07, 6.45) is 7.68. The number of nitriles is 1. The van der Waals surface area contributed by atoms with Gasteiger partial charge in [0.15, 0.2) is 10.9 Å². The van der Waals surface area contributed by atoms with Crippen LogP contribution in [0.4, 0.5) is 5.69 Å². The van der Waals surface area contributed by atoms with Gasteiger partial charge in [-0.3, -0.25) is 9.36 Å². The summed E-state index contributed by atoms with van der Waals surface area (Å²) in [6.45, 7) is 4.40. The van der Waals surface area contributed by atoms with E-state index in [-0.39, 0.29) is 18.1 Å². The lowest BCUT2D eigenvalue weighted by atomic mass is 9.95. The van der Waals surface area contributed by atoms with Gasteiger partial charge in [0.25, 0.3) is 0 Å². The molecule has 0 aliphatic heterocycles. The number of benzene rings is 1. The molecule has 0 spiro atoms. The molecule has 0 N–H and O–H groups in total. The van der Waals surface area contributed by atoms with Gasteiger partial charge in [0, 0.05) is 18.3 Å². The molecular weight excluding hydrogens is 434 g/mol. The van der Waals surface area contributed by atoms with E-state index in [2.05, 4.69) is 26.9 Å². The molecule has 0 radical (unpaired) electrons. The maximum Gasteiger partial charge on any atom is 0.237 e. The Labute approximate surface area is 198 Å². The molecule has 8 heteroatoms. The highest BCUT2D eigenvalue weighted by molar-refractivity contribution is 7.99. The quantitative estimate of drug-likeness (QED) is 0.398. The summed E-state index contributed by atoms with van der Waals surface area (Å²) in [5.41, 5.74) is 3.01. The van der Waals surface area contributed by atoms with Gasteiger partial charge in [0.2, 0.25) is 11.7 Å². The van der Waals surface area contributed by atoms with Gasteiger partial charge in [-0.25, -0.2) is 0 Å². The van der Waals surface area contributed by atoms with Crippen LogP contribution in [0.2, 0.25) is 0 Å². The van der Waals surface area contributed by atoms with Gasteiger partial charge in [0.1, 0.15) is 0 Å². The molecule has 2 heterocycles. The molecule has 1 saturated carbocycles. The number of carbonyl (C=O) groups excluding carboxylic acids is 1. The van der Waals surface area contributed by atoms with Gasteiger partial charge in [-0.1, -0.05) is 37.1 Å². The van der Waals surface area contributed by atoms with Crippen molar-refractivity contribution in [1.82, 2.24) is 14.8 Å². The third-order valence-electron chi connectivity index (χ3n) is 5.94. The maximum atomic E-state index is 13.3. The van der Waals surface area contributed by atoms with E-state index in [1.165, 1.54) is 31.0 Å². The zero-order chi connectivity index (χ0) is 23.2. The zero-order valence-electron chi connectivity index (χ0n) is 19.2. The number of hydrogen-bond donors (Lipinski definition) is 0. The van der Waals surface area contributed by atoms with E-state index in [9.17, 15) is 4.79 Å². The molecule has 3 aromatic rings. The number of thioether (sulfide) groups is 1. The number of aromatic nitrogens is 3. The van der Waals surface area contributed by atoms with E-state index in [0.717, 1.165) is 40.6 Å². The summed E-state index contributed by atoms with van der Waals surface area (Å²) in [4.78, 5) is 15.0. The molecule has 0 atom stereocenters. The van der Waals surface area contributed by atoms with Crippen LogP contribution in [0.3, 0.4) is 0 Å². The predicted octanol–water partition coefficient (Wildman–Crippen LogP) is 5.70. The SMILES string of the molecule is Cc1cc(C)cc(N(CCC#N)C(=O)CSc2nnc(-c3ccco3)n2C2CCCCC2)c1. The van der Waals surface area contributed by atoms with Crippen LogP contribution in [0, 0.1) is 25.2 Å². The van der Waals surface area contributed by atoms with Crippen molar-refractivity contribution in [2.45, 2.75) is 63.6 Å². The largest absolute Gasteiger partial charge is 0.461 e. The van der Waals surface area contributed by atoms with E-state index in [1.807, 2.05) is 38.1 Å². The average molecular weight is 464 g/mol. The van der Waals surface area contributed by atoms with Crippen LogP contribution in [0.25, 0.3) is 11.6 Å². The number of amides is 1. The third-order valence-corrected chi connectivity index (χ3v) is 6.86. The number of aryl methyl sites for hydroxylation is 2. The highest BCUT2D eigenvalue weighted by atomic mass is 32.2. The molecule has 1 fully saturated rings. The lowest BCUT2D eigenvalue weighted by Gasteiger charge is -2.25. The van der Waals surface area contributed by atoms with E-state index < -0.39 is 0 Å². The van der Waals surface area contributed by atoms with E-state index in [1.54, 1.807) is 11.2 Å². The Morgan fingerprint density at radius 1 is 1.21 bits per heavy atom. The van der Waals surface area contributed by atoms with Gasteiger partial charge >= 0.3 is 0 Å². The first kappa shape index (κ1) is 23.1. The van der Waals surface area contributed by atoms with Crippen LogP contribution in [-0.2, 0) is 4.79 Å². The topological polar surface area (TPSA) is 87.9 Å².